The number of amides is 2. The molecule has 2 N–H and O–H groups in total. The number of carbonyl (C=O) groups is 2. The highest BCUT2D eigenvalue weighted by molar-refractivity contribution is 7.13. The summed E-state index contributed by atoms with van der Waals surface area (Å²) in [5.74, 6) is -0.0211. The van der Waals surface area contributed by atoms with Crippen LogP contribution in [0.1, 0.15) is 36.0 Å². The van der Waals surface area contributed by atoms with E-state index in [2.05, 4.69) is 20.7 Å². The van der Waals surface area contributed by atoms with Crippen molar-refractivity contribution in [3.63, 3.8) is 0 Å². The van der Waals surface area contributed by atoms with Gasteiger partial charge in [0, 0.05) is 44.0 Å². The number of hydrogen-bond donors (Lipinski definition) is 2. The Morgan fingerprint density at radius 3 is 2.65 bits per heavy atom. The minimum absolute atomic E-state index is 0.0173. The van der Waals surface area contributed by atoms with E-state index in [0.717, 1.165) is 18.0 Å². The number of nitrogens with one attached hydrogen (secondary N) is 2. The second kappa shape index (κ2) is 6.71. The van der Waals surface area contributed by atoms with Crippen LogP contribution < -0.4 is 10.6 Å². The Hall–Kier alpha value is -2.42. The molecule has 2 aliphatic rings. The van der Waals surface area contributed by atoms with Crippen molar-refractivity contribution >= 4 is 28.3 Å². The number of aromatic nitrogens is 3. The van der Waals surface area contributed by atoms with Gasteiger partial charge >= 0.3 is 0 Å². The van der Waals surface area contributed by atoms with Crippen LogP contribution in [-0.4, -0.2) is 56.1 Å². The molecule has 4 rings (SSSR count). The molecule has 1 aliphatic carbocycles. The van der Waals surface area contributed by atoms with E-state index in [4.69, 9.17) is 0 Å². The molecule has 1 saturated carbocycles. The maximum Gasteiger partial charge on any atom is 0.257 e. The molecule has 2 amide bonds. The fourth-order valence-corrected chi connectivity index (χ4v) is 3.88. The molecule has 0 spiro atoms. The van der Waals surface area contributed by atoms with Gasteiger partial charge in [-0.05, 0) is 25.7 Å². The smallest absolute Gasteiger partial charge is 0.257 e. The Bertz CT molecular complexity index is 790. The summed E-state index contributed by atoms with van der Waals surface area (Å²) in [6.45, 7) is 1.04. The van der Waals surface area contributed by atoms with Crippen LogP contribution in [0.15, 0.2) is 24.0 Å². The van der Waals surface area contributed by atoms with Gasteiger partial charge in [-0.25, -0.2) is 4.98 Å². The molecular formula is C17H22N6O2S. The third-order valence-corrected chi connectivity index (χ3v) is 5.67. The third kappa shape index (κ3) is 3.44. The van der Waals surface area contributed by atoms with Crippen molar-refractivity contribution in [3.8, 4) is 0 Å². The number of thiazole rings is 1. The van der Waals surface area contributed by atoms with Gasteiger partial charge < -0.3 is 15.5 Å². The SMILES string of the molecule is Cn1cc(C(=O)N2CCC(Nc3nccs3)(C(=O)NC3CC3)CC2)cn1. The van der Waals surface area contributed by atoms with Gasteiger partial charge in [-0.3, -0.25) is 14.3 Å². The lowest BCUT2D eigenvalue weighted by atomic mass is 9.86. The molecule has 138 valence electrons. The predicted octanol–water partition coefficient (Wildman–Crippen LogP) is 1.24. The van der Waals surface area contributed by atoms with E-state index in [-0.39, 0.29) is 11.8 Å². The lowest BCUT2D eigenvalue weighted by Crippen LogP contribution is -2.59. The molecule has 1 aliphatic heterocycles. The van der Waals surface area contributed by atoms with Crippen molar-refractivity contribution < 1.29 is 9.59 Å². The van der Waals surface area contributed by atoms with Crippen LogP contribution in [0.2, 0.25) is 0 Å². The molecule has 2 aromatic rings. The molecule has 1 saturated heterocycles. The summed E-state index contributed by atoms with van der Waals surface area (Å²) in [7, 11) is 1.79. The molecule has 0 radical (unpaired) electrons. The highest BCUT2D eigenvalue weighted by Crippen LogP contribution is 2.30. The molecule has 0 bridgehead atoms. The first-order chi connectivity index (χ1) is 12.6. The Kier molecular flexibility index (Phi) is 4.39. The molecule has 3 heterocycles. The Morgan fingerprint density at radius 1 is 1.31 bits per heavy atom. The second-order valence-corrected chi connectivity index (χ2v) is 7.88. The number of nitrogens with zero attached hydrogens (tertiary/aromatic N) is 4. The summed E-state index contributed by atoms with van der Waals surface area (Å²) in [5, 5.41) is 13.2. The maximum absolute atomic E-state index is 12.9. The summed E-state index contributed by atoms with van der Waals surface area (Å²) in [5.41, 5.74) is -0.137. The minimum atomic E-state index is -0.716. The van der Waals surface area contributed by atoms with E-state index in [1.54, 1.807) is 35.2 Å². The molecule has 26 heavy (non-hydrogen) atoms. The van der Waals surface area contributed by atoms with Crippen molar-refractivity contribution in [2.75, 3.05) is 18.4 Å². The van der Waals surface area contributed by atoms with Gasteiger partial charge in [0.2, 0.25) is 5.91 Å². The summed E-state index contributed by atoms with van der Waals surface area (Å²) >= 11 is 1.48. The number of hydrogen-bond acceptors (Lipinski definition) is 6. The van der Waals surface area contributed by atoms with Crippen molar-refractivity contribution in [1.82, 2.24) is 25.0 Å². The molecule has 2 fully saturated rings. The highest BCUT2D eigenvalue weighted by atomic mass is 32.1. The topological polar surface area (TPSA) is 92.2 Å². The van der Waals surface area contributed by atoms with Gasteiger partial charge in [-0.1, -0.05) is 0 Å². The van der Waals surface area contributed by atoms with Crippen molar-refractivity contribution in [1.29, 1.82) is 0 Å². The monoisotopic (exact) mass is 374 g/mol. The van der Waals surface area contributed by atoms with Crippen LogP contribution in [0, 0.1) is 0 Å². The maximum atomic E-state index is 12.9. The molecule has 0 aromatic carbocycles. The van der Waals surface area contributed by atoms with Crippen LogP contribution >= 0.6 is 11.3 Å². The zero-order valence-electron chi connectivity index (χ0n) is 14.6. The fourth-order valence-electron chi connectivity index (χ4n) is 3.26. The summed E-state index contributed by atoms with van der Waals surface area (Å²) in [6, 6.07) is 0.299. The zero-order chi connectivity index (χ0) is 18.1. The molecule has 9 heteroatoms. The van der Waals surface area contributed by atoms with Crippen LogP contribution in [0.25, 0.3) is 0 Å². The number of aryl methyl sites for hydroxylation is 1. The minimum Gasteiger partial charge on any atom is -0.351 e. The first-order valence-corrected chi connectivity index (χ1v) is 9.70. The van der Waals surface area contributed by atoms with E-state index in [1.165, 1.54) is 11.3 Å². The normalized spacial score (nSPS) is 19.2. The lowest BCUT2D eigenvalue weighted by Gasteiger charge is -2.41. The van der Waals surface area contributed by atoms with E-state index >= 15 is 0 Å². The molecule has 8 nitrogen and oxygen atoms in total. The van der Waals surface area contributed by atoms with Crippen molar-refractivity contribution in [2.45, 2.75) is 37.3 Å². The Morgan fingerprint density at radius 2 is 2.08 bits per heavy atom. The van der Waals surface area contributed by atoms with Crippen LogP contribution in [0.3, 0.4) is 0 Å². The summed E-state index contributed by atoms with van der Waals surface area (Å²) in [6.07, 6.45) is 8.22. The fraction of sp³-hybridized carbons (Fsp3) is 0.529. The van der Waals surface area contributed by atoms with Crippen LogP contribution in [0.4, 0.5) is 5.13 Å². The van der Waals surface area contributed by atoms with Gasteiger partial charge in [0.15, 0.2) is 5.13 Å². The number of rotatable bonds is 5. The third-order valence-electron chi connectivity index (χ3n) is 4.98. The van der Waals surface area contributed by atoms with E-state index < -0.39 is 5.54 Å². The van der Waals surface area contributed by atoms with Crippen molar-refractivity contribution in [3.05, 3.63) is 29.5 Å². The average Bonchev–Trinajstić information content (AvgIpc) is 3.11. The first kappa shape index (κ1) is 17.0. The van der Waals surface area contributed by atoms with E-state index in [0.29, 0.717) is 37.5 Å². The quantitative estimate of drug-likeness (QED) is 0.822. The second-order valence-electron chi connectivity index (χ2n) is 6.99. The average molecular weight is 374 g/mol. The Labute approximate surface area is 155 Å². The molecule has 2 aromatic heterocycles. The number of piperidine rings is 1. The molecule has 0 atom stereocenters. The zero-order valence-corrected chi connectivity index (χ0v) is 15.5. The van der Waals surface area contributed by atoms with Gasteiger partial charge in [0.25, 0.3) is 5.91 Å². The summed E-state index contributed by atoms with van der Waals surface area (Å²) in [4.78, 5) is 31.6. The molecular weight excluding hydrogens is 352 g/mol. The largest absolute Gasteiger partial charge is 0.351 e. The van der Waals surface area contributed by atoms with Gasteiger partial charge in [-0.2, -0.15) is 5.10 Å². The lowest BCUT2D eigenvalue weighted by molar-refractivity contribution is -0.127. The van der Waals surface area contributed by atoms with Gasteiger partial charge in [0.1, 0.15) is 5.54 Å². The first-order valence-electron chi connectivity index (χ1n) is 8.82. The van der Waals surface area contributed by atoms with Crippen molar-refractivity contribution in [2.24, 2.45) is 7.05 Å². The Balaban J connectivity index is 1.47. The van der Waals surface area contributed by atoms with E-state index in [9.17, 15) is 9.59 Å². The highest BCUT2D eigenvalue weighted by Gasteiger charge is 2.44. The number of likely N-dealkylation sites (tertiary alicyclic amines) is 1. The van der Waals surface area contributed by atoms with Crippen LogP contribution in [0.5, 0.6) is 0 Å². The number of carbonyl (C=O) groups excluding carboxylic acids is 2. The number of anilines is 1. The van der Waals surface area contributed by atoms with Gasteiger partial charge in [0.05, 0.1) is 11.8 Å². The van der Waals surface area contributed by atoms with E-state index in [1.807, 2.05) is 5.38 Å². The van der Waals surface area contributed by atoms with Crippen LogP contribution in [-0.2, 0) is 11.8 Å². The predicted molar refractivity (Wildman–Crippen MR) is 98.0 cm³/mol. The van der Waals surface area contributed by atoms with Gasteiger partial charge in [-0.15, -0.1) is 11.3 Å². The standard InChI is InChI=1S/C17H22N6O2S/c1-22-11-12(10-19-22)14(24)23-7-4-17(5-8-23,15(25)20-13-2-3-13)21-16-18-6-9-26-16/h6,9-11,13H,2-5,7-8H2,1H3,(H,18,21)(H,20,25). The molecule has 0 unspecified atom stereocenters. The summed E-state index contributed by atoms with van der Waals surface area (Å²) < 4.78 is 1.62.